The van der Waals surface area contributed by atoms with Crippen LogP contribution < -0.4 is 9.47 Å². The van der Waals surface area contributed by atoms with Crippen LogP contribution in [0.15, 0.2) is 30.3 Å². The first-order valence-corrected chi connectivity index (χ1v) is 7.52. The first-order valence-electron chi connectivity index (χ1n) is 6.70. The van der Waals surface area contributed by atoms with Gasteiger partial charge in [-0.05, 0) is 24.3 Å². The molecule has 0 saturated carbocycles. The summed E-state index contributed by atoms with van der Waals surface area (Å²) in [5.41, 5.74) is 2.08. The molecule has 0 spiro atoms. The lowest BCUT2D eigenvalue weighted by Crippen LogP contribution is -1.96. The summed E-state index contributed by atoms with van der Waals surface area (Å²) in [7, 11) is 3.12. The molecule has 0 aliphatic heterocycles. The van der Waals surface area contributed by atoms with Crippen molar-refractivity contribution in [3.63, 3.8) is 0 Å². The molecule has 110 valence electrons. The fourth-order valence-electron chi connectivity index (χ4n) is 2.88. The van der Waals surface area contributed by atoms with Gasteiger partial charge in [0.25, 0.3) is 0 Å². The highest BCUT2D eigenvalue weighted by molar-refractivity contribution is 7.23. The van der Waals surface area contributed by atoms with E-state index in [0.717, 1.165) is 15.1 Å². The molecule has 1 aliphatic rings. The van der Waals surface area contributed by atoms with Gasteiger partial charge in [-0.1, -0.05) is 0 Å². The average molecular weight is 312 g/mol. The van der Waals surface area contributed by atoms with Crippen molar-refractivity contribution in [3.05, 3.63) is 41.5 Å². The van der Waals surface area contributed by atoms with Crippen molar-refractivity contribution in [2.45, 2.75) is 0 Å². The molecule has 0 bridgehead atoms. The third-order valence-corrected chi connectivity index (χ3v) is 5.09. The summed E-state index contributed by atoms with van der Waals surface area (Å²) < 4.78 is 11.2. The van der Waals surface area contributed by atoms with Crippen LogP contribution in [0.5, 0.6) is 17.2 Å². The number of rotatable bonds is 2. The molecule has 1 aromatic heterocycles. The minimum atomic E-state index is -0.0735. The molecule has 4 nitrogen and oxygen atoms in total. The number of benzene rings is 2. The minimum absolute atomic E-state index is 0.0694. The Morgan fingerprint density at radius 2 is 1.77 bits per heavy atom. The normalized spacial score (nSPS) is 12.4. The predicted molar refractivity (Wildman–Crippen MR) is 85.5 cm³/mol. The molecule has 0 unspecified atom stereocenters. The second-order valence-electron chi connectivity index (χ2n) is 5.07. The van der Waals surface area contributed by atoms with Crippen molar-refractivity contribution in [1.29, 1.82) is 0 Å². The Balaban J connectivity index is 2.04. The summed E-state index contributed by atoms with van der Waals surface area (Å²) in [6, 6.07) is 8.85. The molecule has 0 atom stereocenters. The van der Waals surface area contributed by atoms with Crippen LogP contribution >= 0.6 is 11.3 Å². The standard InChI is InChI=1S/C17H12O4S/c1-20-8-3-4-10-11(5-8)16(19)15-14-12(18)6-9(21-2)7-13(14)22-17(10)15/h3-7,18H,1-2H3. The zero-order chi connectivity index (χ0) is 15.4. The van der Waals surface area contributed by atoms with Gasteiger partial charge in [0.1, 0.15) is 17.2 Å². The number of carbonyl (C=O) groups excluding carboxylic acids is 1. The van der Waals surface area contributed by atoms with E-state index in [9.17, 15) is 9.90 Å². The first-order chi connectivity index (χ1) is 10.6. The monoisotopic (exact) mass is 312 g/mol. The maximum atomic E-state index is 12.7. The summed E-state index contributed by atoms with van der Waals surface area (Å²) in [5, 5.41) is 10.9. The topological polar surface area (TPSA) is 55.8 Å². The summed E-state index contributed by atoms with van der Waals surface area (Å²) in [5.74, 6) is 1.22. The molecule has 1 N–H and O–H groups in total. The predicted octanol–water partition coefficient (Wildman–Crippen LogP) is 3.84. The Hall–Kier alpha value is -2.53. The highest BCUT2D eigenvalue weighted by atomic mass is 32.1. The summed E-state index contributed by atoms with van der Waals surface area (Å²) in [6.07, 6.45) is 0. The van der Waals surface area contributed by atoms with Crippen LogP contribution in [0.2, 0.25) is 0 Å². The molecule has 3 aromatic rings. The molecule has 1 heterocycles. The molecule has 0 fully saturated rings. The highest BCUT2D eigenvalue weighted by Gasteiger charge is 2.32. The van der Waals surface area contributed by atoms with Gasteiger partial charge in [-0.15, -0.1) is 11.3 Å². The maximum Gasteiger partial charge on any atom is 0.196 e. The van der Waals surface area contributed by atoms with Crippen LogP contribution in [0.3, 0.4) is 0 Å². The number of fused-ring (bicyclic) bond motifs is 5. The number of phenols is 1. The molecule has 22 heavy (non-hydrogen) atoms. The van der Waals surface area contributed by atoms with Crippen molar-refractivity contribution in [2.24, 2.45) is 0 Å². The fraction of sp³-hybridized carbons (Fsp3) is 0.118. The number of carbonyl (C=O) groups is 1. The number of ether oxygens (including phenoxy) is 2. The SMILES string of the molecule is COc1ccc2c(c1)C(=O)c1c-2sc2cc(OC)cc(O)c12. The number of hydrogen-bond acceptors (Lipinski definition) is 5. The van der Waals surface area contributed by atoms with Crippen molar-refractivity contribution in [1.82, 2.24) is 0 Å². The third kappa shape index (κ3) is 1.60. The summed E-state index contributed by atoms with van der Waals surface area (Å²) in [6.45, 7) is 0. The van der Waals surface area contributed by atoms with Gasteiger partial charge >= 0.3 is 0 Å². The van der Waals surface area contributed by atoms with Crippen LogP contribution in [0.4, 0.5) is 0 Å². The van der Waals surface area contributed by atoms with Crippen LogP contribution in [-0.2, 0) is 0 Å². The van der Waals surface area contributed by atoms with E-state index in [-0.39, 0.29) is 11.5 Å². The van der Waals surface area contributed by atoms with E-state index < -0.39 is 0 Å². The van der Waals surface area contributed by atoms with Gasteiger partial charge < -0.3 is 14.6 Å². The van der Waals surface area contributed by atoms with Crippen molar-refractivity contribution < 1.29 is 19.4 Å². The van der Waals surface area contributed by atoms with E-state index >= 15 is 0 Å². The van der Waals surface area contributed by atoms with Crippen molar-refractivity contribution >= 4 is 27.2 Å². The fourth-order valence-corrected chi connectivity index (χ4v) is 4.17. The number of hydrogen-bond donors (Lipinski definition) is 1. The second-order valence-corrected chi connectivity index (χ2v) is 6.12. The van der Waals surface area contributed by atoms with Crippen molar-refractivity contribution in [2.75, 3.05) is 14.2 Å². The molecular weight excluding hydrogens is 300 g/mol. The highest BCUT2D eigenvalue weighted by Crippen LogP contribution is 2.50. The Kier molecular flexibility index (Phi) is 2.68. The Labute approximate surface area is 130 Å². The van der Waals surface area contributed by atoms with Gasteiger partial charge in [0.05, 0.1) is 19.8 Å². The number of thiophene rings is 1. The van der Waals surface area contributed by atoms with Crippen molar-refractivity contribution in [3.8, 4) is 27.7 Å². The van der Waals surface area contributed by atoms with Gasteiger partial charge in [0.2, 0.25) is 0 Å². The molecule has 4 rings (SSSR count). The first kappa shape index (κ1) is 13.2. The smallest absolute Gasteiger partial charge is 0.196 e. The van der Waals surface area contributed by atoms with E-state index in [1.165, 1.54) is 17.4 Å². The molecule has 0 saturated heterocycles. The lowest BCUT2D eigenvalue weighted by molar-refractivity contribution is 0.104. The Bertz CT molecular complexity index is 939. The molecular formula is C17H12O4S. The average Bonchev–Trinajstić information content (AvgIpc) is 3.03. The van der Waals surface area contributed by atoms with E-state index in [0.29, 0.717) is 28.0 Å². The lowest BCUT2D eigenvalue weighted by Gasteiger charge is -2.04. The second kappa shape index (κ2) is 4.48. The lowest BCUT2D eigenvalue weighted by atomic mass is 10.1. The van der Waals surface area contributed by atoms with Crippen LogP contribution in [0, 0.1) is 0 Å². The number of aromatic hydroxyl groups is 1. The van der Waals surface area contributed by atoms with Crippen LogP contribution in [-0.4, -0.2) is 25.1 Å². The van der Waals surface area contributed by atoms with Gasteiger partial charge in [0, 0.05) is 32.2 Å². The molecule has 0 radical (unpaired) electrons. The number of phenolic OH excluding ortho intramolecular Hbond substituents is 1. The Morgan fingerprint density at radius 1 is 1.00 bits per heavy atom. The Morgan fingerprint density at radius 3 is 2.50 bits per heavy atom. The summed E-state index contributed by atoms with van der Waals surface area (Å²) in [4.78, 5) is 13.6. The van der Waals surface area contributed by atoms with Gasteiger partial charge in [-0.25, -0.2) is 0 Å². The zero-order valence-electron chi connectivity index (χ0n) is 12.0. The largest absolute Gasteiger partial charge is 0.507 e. The van der Waals surface area contributed by atoms with E-state index in [1.54, 1.807) is 20.3 Å². The van der Waals surface area contributed by atoms with E-state index in [4.69, 9.17) is 9.47 Å². The number of methoxy groups -OCH3 is 2. The van der Waals surface area contributed by atoms with Gasteiger partial charge in [0.15, 0.2) is 5.78 Å². The van der Waals surface area contributed by atoms with Gasteiger partial charge in [-0.3, -0.25) is 4.79 Å². The number of ketones is 1. The maximum absolute atomic E-state index is 12.7. The van der Waals surface area contributed by atoms with Crippen LogP contribution in [0.1, 0.15) is 15.9 Å². The molecule has 0 amide bonds. The molecule has 2 aromatic carbocycles. The quantitative estimate of drug-likeness (QED) is 0.611. The summed E-state index contributed by atoms with van der Waals surface area (Å²) >= 11 is 1.49. The van der Waals surface area contributed by atoms with E-state index in [1.807, 2.05) is 18.2 Å². The molecule has 1 aliphatic carbocycles. The van der Waals surface area contributed by atoms with Crippen LogP contribution in [0.25, 0.3) is 20.5 Å². The van der Waals surface area contributed by atoms with Gasteiger partial charge in [-0.2, -0.15) is 0 Å². The molecule has 5 heteroatoms. The van der Waals surface area contributed by atoms with E-state index in [2.05, 4.69) is 0 Å². The third-order valence-electron chi connectivity index (χ3n) is 3.92. The minimum Gasteiger partial charge on any atom is -0.507 e. The zero-order valence-corrected chi connectivity index (χ0v) is 12.8.